The molecular weight excluding hydrogens is 238 g/mol. The van der Waals surface area contributed by atoms with Crippen LogP contribution in [0, 0.1) is 11.3 Å². The molecule has 3 rings (SSSR count). The number of carbonyl (C=O) groups is 1. The minimum absolute atomic E-state index is 0.0862. The molecule has 4 heteroatoms. The average molecular weight is 249 g/mol. The molecule has 0 saturated carbocycles. The van der Waals surface area contributed by atoms with Crippen molar-refractivity contribution >= 4 is 23.0 Å². The number of nitriles is 1. The molecule has 1 heterocycles. The molecule has 0 aliphatic carbocycles. The first-order valence-corrected chi connectivity index (χ1v) is 5.89. The Hall–Kier alpha value is -2.80. The highest BCUT2D eigenvalue weighted by atomic mass is 16.2. The fourth-order valence-electron chi connectivity index (χ4n) is 2.25. The number of carbonyl (C=O) groups excluding carboxylic acids is 1. The van der Waals surface area contributed by atoms with Crippen molar-refractivity contribution in [2.75, 3.05) is 17.3 Å². The molecule has 0 bridgehead atoms. The number of nitrogens with one attached hydrogen (secondary N) is 1. The molecule has 2 aromatic carbocycles. The van der Waals surface area contributed by atoms with Crippen molar-refractivity contribution in [3.63, 3.8) is 0 Å². The van der Waals surface area contributed by atoms with Crippen molar-refractivity contribution < 1.29 is 4.79 Å². The van der Waals surface area contributed by atoms with Gasteiger partial charge in [0.25, 0.3) is 5.91 Å². The lowest BCUT2D eigenvalue weighted by atomic mass is 10.1. The van der Waals surface area contributed by atoms with Gasteiger partial charge < -0.3 is 10.2 Å². The molecule has 4 nitrogen and oxygen atoms in total. The molecule has 0 unspecified atom stereocenters. The Morgan fingerprint density at radius 3 is 2.74 bits per heavy atom. The third kappa shape index (κ3) is 1.64. The van der Waals surface area contributed by atoms with Crippen molar-refractivity contribution in [1.82, 2.24) is 0 Å². The molecule has 1 aliphatic heterocycles. The van der Waals surface area contributed by atoms with E-state index >= 15 is 0 Å². The monoisotopic (exact) mass is 249 g/mol. The van der Waals surface area contributed by atoms with Crippen LogP contribution in [-0.2, 0) is 0 Å². The molecule has 1 aliphatic rings. The van der Waals surface area contributed by atoms with Crippen LogP contribution in [0.5, 0.6) is 0 Å². The van der Waals surface area contributed by atoms with Gasteiger partial charge in [0.05, 0.1) is 28.2 Å². The van der Waals surface area contributed by atoms with Gasteiger partial charge in [0, 0.05) is 7.05 Å². The quantitative estimate of drug-likeness (QED) is 0.781. The maximum atomic E-state index is 12.4. The van der Waals surface area contributed by atoms with E-state index in [0.29, 0.717) is 22.5 Å². The molecule has 2 aromatic rings. The van der Waals surface area contributed by atoms with E-state index in [4.69, 9.17) is 0 Å². The van der Waals surface area contributed by atoms with Crippen molar-refractivity contribution in [3.05, 3.63) is 53.6 Å². The number of hydrogen-bond acceptors (Lipinski definition) is 3. The van der Waals surface area contributed by atoms with Crippen molar-refractivity contribution in [1.29, 1.82) is 5.26 Å². The Balaban J connectivity index is 2.29. The van der Waals surface area contributed by atoms with Crippen LogP contribution in [0.4, 0.5) is 17.1 Å². The smallest absolute Gasteiger partial charge is 0.260 e. The average Bonchev–Trinajstić information content (AvgIpc) is 2.56. The van der Waals surface area contributed by atoms with Gasteiger partial charge in [-0.3, -0.25) is 4.79 Å². The summed E-state index contributed by atoms with van der Waals surface area (Å²) in [5.74, 6) is -0.0862. The zero-order valence-corrected chi connectivity index (χ0v) is 10.3. The number of fused-ring (bicyclic) bond motifs is 2. The van der Waals surface area contributed by atoms with Gasteiger partial charge in [-0.1, -0.05) is 18.2 Å². The Kier molecular flexibility index (Phi) is 2.46. The van der Waals surface area contributed by atoms with Gasteiger partial charge >= 0.3 is 0 Å². The second-order valence-electron chi connectivity index (χ2n) is 4.35. The summed E-state index contributed by atoms with van der Waals surface area (Å²) in [7, 11) is 1.71. The van der Waals surface area contributed by atoms with Gasteiger partial charge in [-0.25, -0.2) is 0 Å². The van der Waals surface area contributed by atoms with Crippen molar-refractivity contribution in [2.24, 2.45) is 0 Å². The fourth-order valence-corrected chi connectivity index (χ4v) is 2.25. The predicted molar refractivity (Wildman–Crippen MR) is 73.6 cm³/mol. The lowest BCUT2D eigenvalue weighted by molar-refractivity contribution is 0.0994. The SMILES string of the molecule is CN1C(=O)c2ccccc2Nc2c(C#N)cccc21. The summed E-state index contributed by atoms with van der Waals surface area (Å²) >= 11 is 0. The van der Waals surface area contributed by atoms with E-state index in [1.807, 2.05) is 24.3 Å². The van der Waals surface area contributed by atoms with Crippen LogP contribution < -0.4 is 10.2 Å². The minimum atomic E-state index is -0.0862. The zero-order chi connectivity index (χ0) is 13.4. The van der Waals surface area contributed by atoms with Gasteiger partial charge in [-0.2, -0.15) is 5.26 Å². The molecule has 0 spiro atoms. The maximum absolute atomic E-state index is 12.4. The van der Waals surface area contributed by atoms with Gasteiger partial charge in [-0.15, -0.1) is 0 Å². The molecule has 19 heavy (non-hydrogen) atoms. The third-order valence-electron chi connectivity index (χ3n) is 3.25. The summed E-state index contributed by atoms with van der Waals surface area (Å²) in [5, 5.41) is 12.4. The summed E-state index contributed by atoms with van der Waals surface area (Å²) in [5.41, 5.74) is 3.23. The fraction of sp³-hybridized carbons (Fsp3) is 0.0667. The number of rotatable bonds is 0. The molecular formula is C15H11N3O. The topological polar surface area (TPSA) is 56.1 Å². The Bertz CT molecular complexity index is 716. The molecule has 1 N–H and O–H groups in total. The highest BCUT2D eigenvalue weighted by Crippen LogP contribution is 2.36. The Morgan fingerprint density at radius 2 is 1.95 bits per heavy atom. The second kappa shape index (κ2) is 4.14. The normalized spacial score (nSPS) is 12.8. The van der Waals surface area contributed by atoms with E-state index in [1.165, 1.54) is 0 Å². The van der Waals surface area contributed by atoms with Gasteiger partial charge in [0.2, 0.25) is 0 Å². The largest absolute Gasteiger partial charge is 0.352 e. The minimum Gasteiger partial charge on any atom is -0.352 e. The second-order valence-corrected chi connectivity index (χ2v) is 4.35. The number of hydrogen-bond donors (Lipinski definition) is 1. The molecule has 0 fully saturated rings. The first kappa shape index (κ1) is 11.3. The number of amides is 1. The summed E-state index contributed by atoms with van der Waals surface area (Å²) in [6.45, 7) is 0. The summed E-state index contributed by atoms with van der Waals surface area (Å²) in [6.07, 6.45) is 0. The number of benzene rings is 2. The van der Waals surface area contributed by atoms with Crippen LogP contribution >= 0.6 is 0 Å². The lowest BCUT2D eigenvalue weighted by Gasteiger charge is -2.17. The van der Waals surface area contributed by atoms with Gasteiger partial charge in [0.1, 0.15) is 6.07 Å². The third-order valence-corrected chi connectivity index (χ3v) is 3.25. The van der Waals surface area contributed by atoms with Crippen LogP contribution in [0.2, 0.25) is 0 Å². The van der Waals surface area contributed by atoms with E-state index in [1.54, 1.807) is 30.1 Å². The van der Waals surface area contributed by atoms with Gasteiger partial charge in [0.15, 0.2) is 0 Å². The van der Waals surface area contributed by atoms with E-state index < -0.39 is 0 Å². The number of anilines is 3. The van der Waals surface area contributed by atoms with Crippen LogP contribution in [0.1, 0.15) is 15.9 Å². The van der Waals surface area contributed by atoms with E-state index in [9.17, 15) is 10.1 Å². The standard InChI is InChI=1S/C15H11N3O/c1-18-13-8-4-5-10(9-16)14(13)17-12-7-3-2-6-11(12)15(18)19/h2-8,17H,1H3. The molecule has 0 saturated heterocycles. The van der Waals surface area contributed by atoms with Crippen molar-refractivity contribution in [3.8, 4) is 6.07 Å². The number of para-hydroxylation sites is 2. The summed E-state index contributed by atoms with van der Waals surface area (Å²) in [6, 6.07) is 14.8. The zero-order valence-electron chi connectivity index (χ0n) is 10.3. The van der Waals surface area contributed by atoms with Crippen LogP contribution in [0.3, 0.4) is 0 Å². The van der Waals surface area contributed by atoms with Crippen LogP contribution in [0.15, 0.2) is 42.5 Å². The molecule has 92 valence electrons. The Morgan fingerprint density at radius 1 is 1.16 bits per heavy atom. The summed E-state index contributed by atoms with van der Waals surface area (Å²) < 4.78 is 0. The van der Waals surface area contributed by atoms with Crippen molar-refractivity contribution in [2.45, 2.75) is 0 Å². The van der Waals surface area contributed by atoms with Gasteiger partial charge in [-0.05, 0) is 24.3 Å². The maximum Gasteiger partial charge on any atom is 0.260 e. The molecule has 0 atom stereocenters. The molecule has 0 aromatic heterocycles. The predicted octanol–water partition coefficient (Wildman–Crippen LogP) is 2.89. The molecule has 0 radical (unpaired) electrons. The van der Waals surface area contributed by atoms with Crippen LogP contribution in [0.25, 0.3) is 0 Å². The van der Waals surface area contributed by atoms with E-state index in [2.05, 4.69) is 11.4 Å². The lowest BCUT2D eigenvalue weighted by Crippen LogP contribution is -2.25. The Labute approximate surface area is 110 Å². The highest BCUT2D eigenvalue weighted by Gasteiger charge is 2.24. The first-order valence-electron chi connectivity index (χ1n) is 5.89. The van der Waals surface area contributed by atoms with Crippen LogP contribution in [-0.4, -0.2) is 13.0 Å². The summed E-state index contributed by atoms with van der Waals surface area (Å²) in [4.78, 5) is 14.0. The molecule has 1 amide bonds. The van der Waals surface area contributed by atoms with E-state index in [-0.39, 0.29) is 5.91 Å². The number of nitrogens with zero attached hydrogens (tertiary/aromatic N) is 2. The highest BCUT2D eigenvalue weighted by molar-refractivity contribution is 6.13. The van der Waals surface area contributed by atoms with E-state index in [0.717, 1.165) is 5.69 Å². The first-order chi connectivity index (χ1) is 9.22.